The number of ether oxygens (including phenoxy) is 1. The Kier molecular flexibility index (Phi) is 5.05. The van der Waals surface area contributed by atoms with Gasteiger partial charge >= 0.3 is 5.91 Å². The summed E-state index contributed by atoms with van der Waals surface area (Å²) in [5.74, 6) is 1.59. The number of methoxy groups -OCH3 is 1. The second-order valence-corrected chi connectivity index (χ2v) is 7.92. The minimum atomic E-state index is -0.373. The number of furan rings is 1. The van der Waals surface area contributed by atoms with E-state index in [0.717, 1.165) is 33.6 Å². The number of para-hydroxylation sites is 1. The van der Waals surface area contributed by atoms with E-state index in [1.165, 1.54) is 11.3 Å². The number of nitrogens with zero attached hydrogens (tertiary/aromatic N) is 2. The Balaban J connectivity index is 1.81. The fourth-order valence-corrected chi connectivity index (χ4v) is 4.29. The van der Waals surface area contributed by atoms with Crippen LogP contribution in [0.5, 0.6) is 5.75 Å². The molecule has 0 atom stereocenters. The Morgan fingerprint density at radius 3 is 2.89 bits per heavy atom. The number of aromatic nitrogens is 1. The smallest absolute Gasteiger partial charge is 0.315 e. The van der Waals surface area contributed by atoms with E-state index >= 15 is 0 Å². The van der Waals surface area contributed by atoms with Crippen molar-refractivity contribution < 1.29 is 13.9 Å². The Labute approximate surface area is 164 Å². The van der Waals surface area contributed by atoms with Gasteiger partial charge in [-0.05, 0) is 30.5 Å². The molecule has 2 aromatic carbocycles. The van der Waals surface area contributed by atoms with Gasteiger partial charge < -0.3 is 13.7 Å². The fourth-order valence-electron chi connectivity index (χ4n) is 2.89. The number of amides is 1. The van der Waals surface area contributed by atoms with Crippen LogP contribution in [0.4, 0.5) is 0 Å². The summed E-state index contributed by atoms with van der Waals surface area (Å²) in [6.45, 7) is 0.764. The maximum atomic E-state index is 12.7. The van der Waals surface area contributed by atoms with Crippen molar-refractivity contribution in [2.45, 2.75) is 6.54 Å². The number of hydrogen-bond acceptors (Lipinski definition) is 5. The molecule has 0 N–H and O–H groups in total. The van der Waals surface area contributed by atoms with Crippen LogP contribution in [-0.2, 0) is 6.54 Å². The summed E-state index contributed by atoms with van der Waals surface area (Å²) in [4.78, 5) is 17.7. The number of thiazole rings is 1. The van der Waals surface area contributed by atoms with Gasteiger partial charge in [-0.2, -0.15) is 16.8 Å². The molecule has 0 aliphatic heterocycles. The molecule has 27 heavy (non-hydrogen) atoms. The van der Waals surface area contributed by atoms with Gasteiger partial charge in [0.25, 0.3) is 0 Å². The molecule has 2 heterocycles. The summed E-state index contributed by atoms with van der Waals surface area (Å²) in [5, 5.41) is 0.896. The number of hydrogen-bond donors (Lipinski definition) is 0. The average Bonchev–Trinajstić information content (AvgIpc) is 3.27. The van der Waals surface area contributed by atoms with Gasteiger partial charge in [0, 0.05) is 23.8 Å². The molecule has 0 saturated heterocycles. The van der Waals surface area contributed by atoms with Gasteiger partial charge in [0.15, 0.2) is 10.6 Å². The second kappa shape index (κ2) is 7.62. The van der Waals surface area contributed by atoms with E-state index in [2.05, 4.69) is 15.8 Å². The van der Waals surface area contributed by atoms with E-state index in [4.69, 9.17) is 9.15 Å². The lowest BCUT2D eigenvalue weighted by Crippen LogP contribution is -2.18. The predicted molar refractivity (Wildman–Crippen MR) is 111 cm³/mol. The molecular formula is C20H18N2O3S2. The predicted octanol–water partition coefficient (Wildman–Crippen LogP) is 4.56. The zero-order valence-electron chi connectivity index (χ0n) is 15.0. The number of carbonyl (C=O) groups excluding carboxylic acids is 1. The molecule has 0 unspecified atom stereocenters. The summed E-state index contributed by atoms with van der Waals surface area (Å²) in [7, 11) is 1.65. The van der Waals surface area contributed by atoms with Gasteiger partial charge in [-0.3, -0.25) is 4.79 Å². The molecule has 5 nitrogen and oxygen atoms in total. The Hall–Kier alpha value is -2.51. The van der Waals surface area contributed by atoms with Gasteiger partial charge in [-0.25, -0.2) is 0 Å². The molecule has 2 aromatic heterocycles. The van der Waals surface area contributed by atoms with E-state index in [-0.39, 0.29) is 11.7 Å². The van der Waals surface area contributed by atoms with Crippen LogP contribution in [0.2, 0.25) is 0 Å². The lowest BCUT2D eigenvalue weighted by molar-refractivity contribution is 0.0973. The first-order chi connectivity index (χ1) is 13.2. The largest absolute Gasteiger partial charge is 0.497 e. The maximum absolute atomic E-state index is 12.7. The Morgan fingerprint density at radius 1 is 1.26 bits per heavy atom. The molecule has 7 heteroatoms. The lowest BCUT2D eigenvalue weighted by atomic mass is 10.2. The fraction of sp³-hybridized carbons (Fsp3) is 0.200. The van der Waals surface area contributed by atoms with Crippen molar-refractivity contribution in [3.05, 3.63) is 59.1 Å². The number of carbonyl (C=O) groups is 1. The maximum Gasteiger partial charge on any atom is 0.315 e. The molecule has 0 radical (unpaired) electrons. The Bertz CT molecular complexity index is 1150. The van der Waals surface area contributed by atoms with Crippen molar-refractivity contribution in [2.24, 2.45) is 4.99 Å². The molecule has 4 aromatic rings. The molecule has 0 spiro atoms. The van der Waals surface area contributed by atoms with E-state index in [9.17, 15) is 4.79 Å². The highest BCUT2D eigenvalue weighted by Gasteiger charge is 2.13. The van der Waals surface area contributed by atoms with Gasteiger partial charge in [0.1, 0.15) is 11.3 Å². The van der Waals surface area contributed by atoms with Crippen molar-refractivity contribution in [3.63, 3.8) is 0 Å². The first kappa shape index (κ1) is 17.9. The molecule has 0 fully saturated rings. The van der Waals surface area contributed by atoms with E-state index < -0.39 is 0 Å². The molecule has 0 aliphatic rings. The van der Waals surface area contributed by atoms with E-state index in [0.29, 0.717) is 10.4 Å². The van der Waals surface area contributed by atoms with Crippen molar-refractivity contribution in [1.29, 1.82) is 0 Å². The van der Waals surface area contributed by atoms with Crippen LogP contribution in [-0.4, -0.2) is 29.6 Å². The minimum Gasteiger partial charge on any atom is -0.497 e. The van der Waals surface area contributed by atoms with Crippen molar-refractivity contribution in [3.8, 4) is 5.75 Å². The molecule has 4 rings (SSSR count). The minimum absolute atomic E-state index is 0.252. The molecule has 0 aliphatic carbocycles. The third-order valence-electron chi connectivity index (χ3n) is 4.24. The monoisotopic (exact) mass is 398 g/mol. The summed E-state index contributed by atoms with van der Waals surface area (Å²) < 4.78 is 14.1. The van der Waals surface area contributed by atoms with Crippen LogP contribution in [0.3, 0.4) is 0 Å². The van der Waals surface area contributed by atoms with Crippen LogP contribution >= 0.6 is 23.1 Å². The van der Waals surface area contributed by atoms with Crippen LogP contribution in [0.25, 0.3) is 21.2 Å². The van der Waals surface area contributed by atoms with Crippen LogP contribution in [0, 0.1) is 0 Å². The third-order valence-corrected chi connectivity index (χ3v) is 5.89. The standard InChI is InChI=1S/C20H18N2O3S2/c1-24-14-7-8-18-15(12-14)22(9-10-26-2)20(27-18)21-19(23)17-11-13-5-3-4-6-16(13)25-17/h3-8,11-12H,9-10H2,1-2H3. The molecule has 1 amide bonds. The van der Waals surface area contributed by atoms with Crippen molar-refractivity contribution in [1.82, 2.24) is 4.57 Å². The number of thioether (sulfide) groups is 1. The highest BCUT2D eigenvalue weighted by atomic mass is 32.2. The topological polar surface area (TPSA) is 56.7 Å². The third kappa shape index (κ3) is 3.52. The SMILES string of the molecule is COc1ccc2sc(=NC(=O)c3cc4ccccc4o3)n(CCSC)c2c1. The summed E-state index contributed by atoms with van der Waals surface area (Å²) in [5.41, 5.74) is 1.71. The zero-order chi connectivity index (χ0) is 18.8. The van der Waals surface area contributed by atoms with E-state index in [1.54, 1.807) is 24.9 Å². The van der Waals surface area contributed by atoms with Gasteiger partial charge in [-0.15, -0.1) is 0 Å². The first-order valence-corrected chi connectivity index (χ1v) is 10.6. The summed E-state index contributed by atoms with van der Waals surface area (Å²) >= 11 is 3.25. The van der Waals surface area contributed by atoms with Crippen LogP contribution in [0.1, 0.15) is 10.6 Å². The van der Waals surface area contributed by atoms with Crippen molar-refractivity contribution >= 4 is 50.2 Å². The highest BCUT2D eigenvalue weighted by Crippen LogP contribution is 2.24. The average molecular weight is 399 g/mol. The van der Waals surface area contributed by atoms with Gasteiger partial charge in [0.05, 0.1) is 17.3 Å². The first-order valence-electron chi connectivity index (χ1n) is 8.43. The van der Waals surface area contributed by atoms with Crippen LogP contribution in [0.15, 0.2) is 57.9 Å². The normalized spacial score (nSPS) is 12.1. The molecule has 0 bridgehead atoms. The second-order valence-electron chi connectivity index (χ2n) is 5.93. The zero-order valence-corrected chi connectivity index (χ0v) is 16.6. The Morgan fingerprint density at radius 2 is 2.11 bits per heavy atom. The highest BCUT2D eigenvalue weighted by molar-refractivity contribution is 7.98. The molecule has 138 valence electrons. The van der Waals surface area contributed by atoms with Gasteiger partial charge in [0.2, 0.25) is 0 Å². The number of fused-ring (bicyclic) bond motifs is 2. The van der Waals surface area contributed by atoms with Crippen molar-refractivity contribution in [2.75, 3.05) is 19.1 Å². The number of aryl methyl sites for hydroxylation is 1. The number of benzene rings is 2. The van der Waals surface area contributed by atoms with Gasteiger partial charge in [-0.1, -0.05) is 29.5 Å². The molecule has 0 saturated carbocycles. The summed E-state index contributed by atoms with van der Waals surface area (Å²) in [6.07, 6.45) is 2.06. The number of rotatable bonds is 5. The van der Waals surface area contributed by atoms with E-state index in [1.807, 2.05) is 42.5 Å². The van der Waals surface area contributed by atoms with Crippen LogP contribution < -0.4 is 9.54 Å². The lowest BCUT2D eigenvalue weighted by Gasteiger charge is -2.05. The molecular weight excluding hydrogens is 380 g/mol. The summed E-state index contributed by atoms with van der Waals surface area (Å²) in [6, 6.07) is 15.2. The quantitative estimate of drug-likeness (QED) is 0.494.